The van der Waals surface area contributed by atoms with Crippen LogP contribution in [0.25, 0.3) is 0 Å². The molecule has 0 spiro atoms. The highest BCUT2D eigenvalue weighted by molar-refractivity contribution is 5.52. The second-order valence-corrected chi connectivity index (χ2v) is 9.20. The lowest BCUT2D eigenvalue weighted by molar-refractivity contribution is -0.111. The number of aliphatic hydroxyl groups excluding tert-OH is 1. The number of rotatable bonds is 9. The van der Waals surface area contributed by atoms with Crippen molar-refractivity contribution in [3.8, 4) is 11.5 Å². The second-order valence-electron chi connectivity index (χ2n) is 9.20. The molecule has 1 unspecified atom stereocenters. The average Bonchev–Trinajstić information content (AvgIpc) is 3.00. The van der Waals surface area contributed by atoms with Crippen LogP contribution < -0.4 is 10.1 Å². The van der Waals surface area contributed by atoms with Gasteiger partial charge in [0.05, 0.1) is 6.10 Å². The van der Waals surface area contributed by atoms with Gasteiger partial charge < -0.3 is 24.7 Å². The van der Waals surface area contributed by atoms with E-state index in [1.807, 2.05) is 70.3 Å². The Morgan fingerprint density at radius 3 is 1.64 bits per heavy atom. The zero-order valence-corrected chi connectivity index (χ0v) is 27.4. The van der Waals surface area contributed by atoms with Gasteiger partial charge in [0, 0.05) is 25.1 Å². The Morgan fingerprint density at radius 1 is 0.857 bits per heavy atom. The maximum atomic E-state index is 12.7. The molecule has 0 aliphatic rings. The number of aryl methyl sites for hydroxylation is 1. The van der Waals surface area contributed by atoms with E-state index in [1.54, 1.807) is 19.1 Å². The van der Waals surface area contributed by atoms with E-state index in [2.05, 4.69) is 45.1 Å². The molecule has 0 heterocycles. The van der Waals surface area contributed by atoms with Gasteiger partial charge in [-0.3, -0.25) is 0 Å². The molecule has 0 bridgehead atoms. The van der Waals surface area contributed by atoms with E-state index in [4.69, 9.17) is 9.84 Å². The molecule has 2 N–H and O–H groups in total. The molecular formula is C36H56FNO4. The number of benzene rings is 3. The topological polar surface area (TPSA) is 75.6 Å². The van der Waals surface area contributed by atoms with E-state index in [0.29, 0.717) is 12.0 Å². The SMILES string of the molecule is CC.CC(O)CC=O.CCC.CCCC[C@H](C)C=O.CNc1ccc(Oc2ccc(F)cc2)cc1.Cc1ccccc1. The molecule has 3 rings (SSSR count). The Balaban J connectivity index is -0.000000497. The third-order valence-corrected chi connectivity index (χ3v) is 4.82. The van der Waals surface area contributed by atoms with Gasteiger partial charge in [0.25, 0.3) is 0 Å². The van der Waals surface area contributed by atoms with Crippen LogP contribution in [0.15, 0.2) is 78.9 Å². The number of hydrogen-bond acceptors (Lipinski definition) is 5. The van der Waals surface area contributed by atoms with Gasteiger partial charge in [-0.05, 0) is 68.8 Å². The maximum absolute atomic E-state index is 12.7. The van der Waals surface area contributed by atoms with Crippen molar-refractivity contribution in [1.82, 2.24) is 0 Å². The number of aldehydes is 2. The molecule has 0 amide bonds. The minimum absolute atomic E-state index is 0.250. The lowest BCUT2D eigenvalue weighted by atomic mass is 10.1. The molecule has 2 atom stereocenters. The van der Waals surface area contributed by atoms with Gasteiger partial charge >= 0.3 is 0 Å². The van der Waals surface area contributed by atoms with Crippen LogP contribution in [0, 0.1) is 18.7 Å². The van der Waals surface area contributed by atoms with Crippen LogP contribution in [0.4, 0.5) is 10.1 Å². The first-order valence-corrected chi connectivity index (χ1v) is 15.0. The predicted molar refractivity (Wildman–Crippen MR) is 178 cm³/mol. The molecule has 236 valence electrons. The van der Waals surface area contributed by atoms with Crippen LogP contribution in [0.5, 0.6) is 11.5 Å². The summed E-state index contributed by atoms with van der Waals surface area (Å²) in [5.41, 5.74) is 2.34. The number of carbonyl (C=O) groups is 2. The van der Waals surface area contributed by atoms with Crippen molar-refractivity contribution in [3.05, 3.63) is 90.2 Å². The Hall–Kier alpha value is -3.51. The standard InChI is InChI=1S/C13H12FNO.C7H14O.C7H8.C4H8O2.C3H8.C2H6/c1-15-11-4-8-13(9-5-11)16-12-6-2-10(14)3-7-12;1-3-4-5-7(2)6-8;1-7-5-3-2-4-6-7;1-4(6)2-3-5;1-3-2;1-2/h2-9,15H,1H3;6-7H,3-5H2,1-2H3;2-6H,1H3;3-4,6H,2H2,1H3;3H2,1-2H3;1-2H3/t;7-;;;;/m.0..../s1. The lowest BCUT2D eigenvalue weighted by Gasteiger charge is -2.06. The molecule has 3 aromatic carbocycles. The van der Waals surface area contributed by atoms with E-state index in [0.717, 1.165) is 24.1 Å². The van der Waals surface area contributed by atoms with Crippen molar-refractivity contribution >= 4 is 18.3 Å². The smallest absolute Gasteiger partial charge is 0.127 e. The Morgan fingerprint density at radius 2 is 1.33 bits per heavy atom. The van der Waals surface area contributed by atoms with Crippen LogP contribution >= 0.6 is 0 Å². The van der Waals surface area contributed by atoms with E-state index in [-0.39, 0.29) is 18.2 Å². The second kappa shape index (κ2) is 32.0. The van der Waals surface area contributed by atoms with Gasteiger partial charge in [-0.15, -0.1) is 0 Å². The van der Waals surface area contributed by atoms with Crippen molar-refractivity contribution in [2.75, 3.05) is 12.4 Å². The molecule has 6 heteroatoms. The highest BCUT2D eigenvalue weighted by Crippen LogP contribution is 2.22. The highest BCUT2D eigenvalue weighted by atomic mass is 19.1. The molecule has 0 aliphatic heterocycles. The molecule has 3 aromatic rings. The van der Waals surface area contributed by atoms with Crippen molar-refractivity contribution in [3.63, 3.8) is 0 Å². The summed E-state index contributed by atoms with van der Waals surface area (Å²) in [5.74, 6) is 1.36. The highest BCUT2D eigenvalue weighted by Gasteiger charge is 1.98. The molecule has 0 aliphatic carbocycles. The number of nitrogens with one attached hydrogen (secondary N) is 1. The fourth-order valence-electron chi connectivity index (χ4n) is 2.60. The summed E-state index contributed by atoms with van der Waals surface area (Å²) < 4.78 is 18.2. The number of unbranched alkanes of at least 4 members (excludes halogenated alkanes) is 1. The van der Waals surface area contributed by atoms with E-state index in [1.165, 1.54) is 37.0 Å². The fraction of sp³-hybridized carbons (Fsp3) is 0.444. The number of anilines is 1. The zero-order valence-electron chi connectivity index (χ0n) is 27.4. The molecule has 0 fully saturated rings. The van der Waals surface area contributed by atoms with Gasteiger partial charge in [-0.2, -0.15) is 0 Å². The van der Waals surface area contributed by atoms with Crippen LogP contribution in [-0.4, -0.2) is 30.8 Å². The first kappa shape index (κ1) is 43.0. The van der Waals surface area contributed by atoms with Crippen molar-refractivity contribution in [2.45, 2.75) is 93.6 Å². The molecule has 0 saturated heterocycles. The van der Waals surface area contributed by atoms with Crippen molar-refractivity contribution in [1.29, 1.82) is 0 Å². The van der Waals surface area contributed by atoms with Gasteiger partial charge in [0.2, 0.25) is 0 Å². The Labute approximate surface area is 255 Å². The molecule has 0 radical (unpaired) electrons. The zero-order chi connectivity index (χ0) is 32.6. The first-order chi connectivity index (χ1) is 20.2. The summed E-state index contributed by atoms with van der Waals surface area (Å²) in [6.45, 7) is 16.0. The number of aliphatic hydroxyl groups is 1. The van der Waals surface area contributed by atoms with Crippen molar-refractivity contribution in [2.24, 2.45) is 5.92 Å². The fourth-order valence-corrected chi connectivity index (χ4v) is 2.60. The minimum Gasteiger partial charge on any atom is -0.457 e. The van der Waals surface area contributed by atoms with Crippen LogP contribution in [0.2, 0.25) is 0 Å². The summed E-state index contributed by atoms with van der Waals surface area (Å²) in [6.07, 6.45) is 6.18. The number of ether oxygens (including phenoxy) is 1. The van der Waals surface area contributed by atoms with E-state index >= 15 is 0 Å². The monoisotopic (exact) mass is 585 g/mol. The summed E-state index contributed by atoms with van der Waals surface area (Å²) in [7, 11) is 1.86. The first-order valence-electron chi connectivity index (χ1n) is 15.0. The molecule has 0 saturated carbocycles. The molecule has 0 aromatic heterocycles. The lowest BCUT2D eigenvalue weighted by Crippen LogP contribution is -1.97. The predicted octanol–water partition coefficient (Wildman–Crippen LogP) is 10.1. The normalized spacial score (nSPS) is 10.3. The average molecular weight is 586 g/mol. The van der Waals surface area contributed by atoms with Gasteiger partial charge in [-0.1, -0.05) is 96.7 Å². The van der Waals surface area contributed by atoms with E-state index < -0.39 is 6.10 Å². The summed E-state index contributed by atoms with van der Waals surface area (Å²) in [6, 6.07) is 23.7. The van der Waals surface area contributed by atoms with Gasteiger partial charge in [0.1, 0.15) is 29.9 Å². The Bertz CT molecular complexity index is 962. The van der Waals surface area contributed by atoms with Gasteiger partial charge in [-0.25, -0.2) is 4.39 Å². The van der Waals surface area contributed by atoms with Gasteiger partial charge in [0.15, 0.2) is 0 Å². The maximum Gasteiger partial charge on any atom is 0.127 e. The van der Waals surface area contributed by atoms with Crippen molar-refractivity contribution < 1.29 is 23.8 Å². The summed E-state index contributed by atoms with van der Waals surface area (Å²) >= 11 is 0. The Kier molecular flexibility index (Phi) is 32.7. The summed E-state index contributed by atoms with van der Waals surface area (Å²) in [4.78, 5) is 19.5. The van der Waals surface area contributed by atoms with Crippen LogP contribution in [-0.2, 0) is 9.59 Å². The van der Waals surface area contributed by atoms with Crippen LogP contribution in [0.1, 0.15) is 86.1 Å². The quantitative estimate of drug-likeness (QED) is 0.244. The molecule has 5 nitrogen and oxygen atoms in total. The summed E-state index contributed by atoms with van der Waals surface area (Å²) in [5, 5.41) is 11.3. The minimum atomic E-state index is -0.470. The number of hydrogen-bond donors (Lipinski definition) is 2. The van der Waals surface area contributed by atoms with E-state index in [9.17, 15) is 14.0 Å². The third-order valence-electron chi connectivity index (χ3n) is 4.82. The largest absolute Gasteiger partial charge is 0.457 e. The van der Waals surface area contributed by atoms with Crippen LogP contribution in [0.3, 0.4) is 0 Å². The molecular weight excluding hydrogens is 529 g/mol. The number of halogens is 1. The molecule has 42 heavy (non-hydrogen) atoms. The number of carbonyl (C=O) groups excluding carboxylic acids is 2. The third kappa shape index (κ3) is 29.5.